The van der Waals surface area contributed by atoms with Crippen LogP contribution < -0.4 is 19.5 Å². The van der Waals surface area contributed by atoms with Crippen molar-refractivity contribution in [1.82, 2.24) is 15.2 Å². The van der Waals surface area contributed by atoms with E-state index < -0.39 is 0 Å². The van der Waals surface area contributed by atoms with Crippen LogP contribution in [0, 0.1) is 0 Å². The van der Waals surface area contributed by atoms with Crippen LogP contribution in [0.15, 0.2) is 47.8 Å². The number of benzene rings is 2. The van der Waals surface area contributed by atoms with Gasteiger partial charge in [-0.1, -0.05) is 6.07 Å². The molecule has 3 aromatic rings. The summed E-state index contributed by atoms with van der Waals surface area (Å²) in [5, 5.41) is 5.65. The Kier molecular flexibility index (Phi) is 7.99. The van der Waals surface area contributed by atoms with Crippen molar-refractivity contribution in [3.63, 3.8) is 0 Å². The van der Waals surface area contributed by atoms with Crippen molar-refractivity contribution in [2.45, 2.75) is 6.04 Å². The Morgan fingerprint density at radius 1 is 1.06 bits per heavy atom. The van der Waals surface area contributed by atoms with Crippen LogP contribution in [0.2, 0.25) is 0 Å². The van der Waals surface area contributed by atoms with Crippen molar-refractivity contribution < 1.29 is 23.7 Å². The van der Waals surface area contributed by atoms with Crippen LogP contribution in [0.1, 0.15) is 22.1 Å². The van der Waals surface area contributed by atoms with Crippen LogP contribution in [-0.2, 0) is 4.74 Å². The highest BCUT2D eigenvalue weighted by atomic mass is 32.1. The molecule has 1 unspecified atom stereocenters. The minimum Gasteiger partial charge on any atom is -0.497 e. The first-order valence-electron chi connectivity index (χ1n) is 11.0. The van der Waals surface area contributed by atoms with E-state index in [-0.39, 0.29) is 11.9 Å². The number of carbonyl (C=O) groups excluding carboxylic acids is 1. The number of morpholine rings is 1. The predicted molar refractivity (Wildman–Crippen MR) is 131 cm³/mol. The summed E-state index contributed by atoms with van der Waals surface area (Å²) in [6.07, 6.45) is 0. The van der Waals surface area contributed by atoms with E-state index in [1.807, 2.05) is 42.5 Å². The molecule has 9 heteroatoms. The van der Waals surface area contributed by atoms with E-state index in [2.05, 4.69) is 15.2 Å². The molecule has 34 heavy (non-hydrogen) atoms. The molecule has 0 aliphatic carbocycles. The molecular weight excluding hydrogens is 454 g/mol. The summed E-state index contributed by atoms with van der Waals surface area (Å²) < 4.78 is 21.6. The number of nitrogens with zero attached hydrogens (tertiary/aromatic N) is 2. The topological polar surface area (TPSA) is 82.2 Å². The summed E-state index contributed by atoms with van der Waals surface area (Å²) in [4.78, 5) is 19.8. The van der Waals surface area contributed by atoms with Crippen molar-refractivity contribution in [3.8, 4) is 27.8 Å². The first kappa shape index (κ1) is 24.0. The van der Waals surface area contributed by atoms with Crippen molar-refractivity contribution in [1.29, 1.82) is 0 Å². The van der Waals surface area contributed by atoms with Crippen LogP contribution in [0.5, 0.6) is 17.2 Å². The number of aromatic nitrogens is 1. The Balaban J connectivity index is 1.49. The largest absolute Gasteiger partial charge is 0.497 e. The van der Waals surface area contributed by atoms with E-state index in [4.69, 9.17) is 18.9 Å². The lowest BCUT2D eigenvalue weighted by Gasteiger charge is -2.35. The zero-order valence-corrected chi connectivity index (χ0v) is 20.4. The van der Waals surface area contributed by atoms with Crippen molar-refractivity contribution in [2.75, 3.05) is 54.2 Å². The molecule has 1 atom stereocenters. The molecule has 1 saturated heterocycles. The van der Waals surface area contributed by atoms with Gasteiger partial charge in [-0.05, 0) is 42.0 Å². The van der Waals surface area contributed by atoms with Gasteiger partial charge in [-0.3, -0.25) is 9.69 Å². The average Bonchev–Trinajstić information content (AvgIpc) is 3.40. The number of rotatable bonds is 9. The van der Waals surface area contributed by atoms with Gasteiger partial charge in [0.1, 0.15) is 16.5 Å². The van der Waals surface area contributed by atoms with E-state index in [0.717, 1.165) is 35.0 Å². The molecule has 4 rings (SSSR count). The van der Waals surface area contributed by atoms with E-state index in [1.165, 1.54) is 11.3 Å². The molecule has 1 aliphatic heterocycles. The van der Waals surface area contributed by atoms with Gasteiger partial charge in [-0.25, -0.2) is 4.98 Å². The molecule has 1 amide bonds. The quantitative estimate of drug-likeness (QED) is 0.498. The fourth-order valence-corrected chi connectivity index (χ4v) is 4.74. The summed E-state index contributed by atoms with van der Waals surface area (Å²) >= 11 is 1.44. The average molecular weight is 484 g/mol. The van der Waals surface area contributed by atoms with Crippen LogP contribution in [0.4, 0.5) is 0 Å². The molecule has 0 saturated carbocycles. The second kappa shape index (κ2) is 11.3. The number of carbonyl (C=O) groups is 1. The Hall–Kier alpha value is -3.14. The summed E-state index contributed by atoms with van der Waals surface area (Å²) in [6.45, 7) is 3.33. The second-order valence-corrected chi connectivity index (χ2v) is 8.61. The van der Waals surface area contributed by atoms with Crippen LogP contribution in [0.25, 0.3) is 10.6 Å². The number of thiazole rings is 1. The van der Waals surface area contributed by atoms with Gasteiger partial charge in [-0.15, -0.1) is 11.3 Å². The van der Waals surface area contributed by atoms with E-state index in [1.54, 1.807) is 26.7 Å². The third-order valence-electron chi connectivity index (χ3n) is 5.81. The highest BCUT2D eigenvalue weighted by Gasteiger charge is 2.25. The predicted octanol–water partition coefficient (Wildman–Crippen LogP) is 3.64. The molecular formula is C25H29N3O5S. The lowest BCUT2D eigenvalue weighted by atomic mass is 10.0. The number of ether oxygens (including phenoxy) is 4. The van der Waals surface area contributed by atoms with Gasteiger partial charge in [0, 0.05) is 30.6 Å². The van der Waals surface area contributed by atoms with Gasteiger partial charge in [-0.2, -0.15) is 0 Å². The molecule has 0 spiro atoms. The molecule has 1 aliphatic rings. The van der Waals surface area contributed by atoms with E-state index in [9.17, 15) is 4.79 Å². The Morgan fingerprint density at radius 2 is 1.79 bits per heavy atom. The zero-order valence-electron chi connectivity index (χ0n) is 19.6. The number of nitrogens with one attached hydrogen (secondary N) is 1. The number of hydrogen-bond acceptors (Lipinski definition) is 8. The van der Waals surface area contributed by atoms with Gasteiger partial charge in [0.2, 0.25) is 0 Å². The Labute approximate surface area is 203 Å². The molecule has 0 bridgehead atoms. The number of amides is 1. The maximum Gasteiger partial charge on any atom is 0.270 e. The van der Waals surface area contributed by atoms with Gasteiger partial charge in [0.15, 0.2) is 11.5 Å². The SMILES string of the molecule is COc1ccc(-c2nc(C(=O)NCC(c3ccc(OC)c(OC)c3)N3CCOCC3)cs2)cc1. The molecule has 180 valence electrons. The van der Waals surface area contributed by atoms with Gasteiger partial charge < -0.3 is 24.3 Å². The summed E-state index contributed by atoms with van der Waals surface area (Å²) in [5.41, 5.74) is 2.39. The van der Waals surface area contributed by atoms with Crippen LogP contribution in [-0.4, -0.2) is 70.0 Å². The third kappa shape index (κ3) is 5.49. The van der Waals surface area contributed by atoms with Crippen molar-refractivity contribution in [2.24, 2.45) is 0 Å². The summed E-state index contributed by atoms with van der Waals surface area (Å²) in [6, 6.07) is 13.5. The number of methoxy groups -OCH3 is 3. The first-order valence-corrected chi connectivity index (χ1v) is 11.9. The zero-order chi connectivity index (χ0) is 23.9. The third-order valence-corrected chi connectivity index (χ3v) is 6.70. The minimum absolute atomic E-state index is 0.0349. The van der Waals surface area contributed by atoms with Crippen molar-refractivity contribution in [3.05, 3.63) is 59.1 Å². The summed E-state index contributed by atoms with van der Waals surface area (Å²) in [7, 11) is 4.87. The van der Waals surface area contributed by atoms with Gasteiger partial charge in [0.25, 0.3) is 5.91 Å². The Bertz CT molecular complexity index is 1100. The summed E-state index contributed by atoms with van der Waals surface area (Å²) in [5.74, 6) is 1.91. The molecule has 0 radical (unpaired) electrons. The molecule has 1 aromatic heterocycles. The smallest absolute Gasteiger partial charge is 0.270 e. The van der Waals surface area contributed by atoms with Gasteiger partial charge in [0.05, 0.1) is 40.6 Å². The standard InChI is InChI=1S/C25H29N3O5S/c1-30-19-7-4-17(5-8-19)25-27-20(16-34-25)24(29)26-15-21(28-10-12-33-13-11-28)18-6-9-22(31-2)23(14-18)32-3/h4-9,14,16,21H,10-13,15H2,1-3H3,(H,26,29). The monoisotopic (exact) mass is 483 g/mol. The lowest BCUT2D eigenvalue weighted by Crippen LogP contribution is -2.43. The van der Waals surface area contributed by atoms with E-state index in [0.29, 0.717) is 37.0 Å². The lowest BCUT2D eigenvalue weighted by molar-refractivity contribution is 0.0161. The normalized spacial score (nSPS) is 14.9. The first-order chi connectivity index (χ1) is 16.6. The maximum atomic E-state index is 13.0. The van der Waals surface area contributed by atoms with Crippen molar-refractivity contribution >= 4 is 17.2 Å². The van der Waals surface area contributed by atoms with Crippen LogP contribution >= 0.6 is 11.3 Å². The highest BCUT2D eigenvalue weighted by molar-refractivity contribution is 7.13. The van der Waals surface area contributed by atoms with E-state index >= 15 is 0 Å². The Morgan fingerprint density at radius 3 is 2.47 bits per heavy atom. The fraction of sp³-hybridized carbons (Fsp3) is 0.360. The van der Waals surface area contributed by atoms with Crippen LogP contribution in [0.3, 0.4) is 0 Å². The molecule has 1 N–H and O–H groups in total. The molecule has 1 fully saturated rings. The highest BCUT2D eigenvalue weighted by Crippen LogP contribution is 2.32. The van der Waals surface area contributed by atoms with Gasteiger partial charge >= 0.3 is 0 Å². The fourth-order valence-electron chi connectivity index (χ4n) is 3.93. The molecule has 2 heterocycles. The minimum atomic E-state index is -0.199. The second-order valence-electron chi connectivity index (χ2n) is 7.75. The maximum absolute atomic E-state index is 13.0. The number of hydrogen-bond donors (Lipinski definition) is 1. The molecule has 2 aromatic carbocycles. The molecule has 8 nitrogen and oxygen atoms in total.